The maximum atomic E-state index is 12.1. The number of aryl methyl sites for hydroxylation is 1. The normalized spacial score (nSPS) is 20.6. The van der Waals surface area contributed by atoms with Gasteiger partial charge in [-0.2, -0.15) is 11.8 Å². The fourth-order valence-electron chi connectivity index (χ4n) is 1.88. The summed E-state index contributed by atoms with van der Waals surface area (Å²) >= 11 is 1.91. The molecule has 1 atom stereocenters. The number of aromatic nitrogens is 3. The summed E-state index contributed by atoms with van der Waals surface area (Å²) < 4.78 is 0. The van der Waals surface area contributed by atoms with Gasteiger partial charge in [0.05, 0.1) is 0 Å². The standard InChI is InChI=1S/C11H18N4OS/c1-3-4-9-12-10(14-13-9)11(16)15-5-6-17-8(2)7-15/h8H,3-7H2,1-2H3,(H,12,13,14). The number of thioether (sulfide) groups is 1. The van der Waals surface area contributed by atoms with Crippen LogP contribution in [0, 0.1) is 0 Å². The molecule has 1 saturated heterocycles. The van der Waals surface area contributed by atoms with Crippen LogP contribution in [0.4, 0.5) is 0 Å². The number of H-pyrrole nitrogens is 1. The molecule has 1 fully saturated rings. The number of aromatic amines is 1. The SMILES string of the molecule is CCCc1nc(C(=O)N2CCSC(C)C2)n[nH]1. The molecule has 2 rings (SSSR count). The number of rotatable bonds is 3. The smallest absolute Gasteiger partial charge is 0.293 e. The fourth-order valence-corrected chi connectivity index (χ4v) is 2.90. The Morgan fingerprint density at radius 2 is 2.47 bits per heavy atom. The van der Waals surface area contributed by atoms with Crippen LogP contribution in [0.15, 0.2) is 0 Å². The zero-order valence-corrected chi connectivity index (χ0v) is 11.1. The summed E-state index contributed by atoms with van der Waals surface area (Å²) in [5.74, 6) is 2.07. The maximum absolute atomic E-state index is 12.1. The van der Waals surface area contributed by atoms with Crippen LogP contribution in [0.1, 0.15) is 36.7 Å². The van der Waals surface area contributed by atoms with E-state index in [9.17, 15) is 4.79 Å². The first-order chi connectivity index (χ1) is 8.20. The highest BCUT2D eigenvalue weighted by atomic mass is 32.2. The number of hydrogen-bond donors (Lipinski definition) is 1. The molecule has 0 saturated carbocycles. The summed E-state index contributed by atoms with van der Waals surface area (Å²) in [6.45, 7) is 5.81. The molecular weight excluding hydrogens is 236 g/mol. The van der Waals surface area contributed by atoms with E-state index in [0.29, 0.717) is 11.1 Å². The van der Waals surface area contributed by atoms with Gasteiger partial charge in [-0.15, -0.1) is 5.10 Å². The number of hydrogen-bond acceptors (Lipinski definition) is 4. The van der Waals surface area contributed by atoms with Crippen LogP contribution < -0.4 is 0 Å². The lowest BCUT2D eigenvalue weighted by molar-refractivity contribution is 0.0751. The van der Waals surface area contributed by atoms with Crippen LogP contribution in [0.3, 0.4) is 0 Å². The second-order valence-electron chi connectivity index (χ2n) is 4.29. The average molecular weight is 254 g/mol. The van der Waals surface area contributed by atoms with Crippen molar-refractivity contribution in [3.8, 4) is 0 Å². The Labute approximate surface area is 105 Å². The van der Waals surface area contributed by atoms with Gasteiger partial charge >= 0.3 is 0 Å². The summed E-state index contributed by atoms with van der Waals surface area (Å²) in [6.07, 6.45) is 1.84. The lowest BCUT2D eigenvalue weighted by Crippen LogP contribution is -2.41. The molecule has 6 heteroatoms. The van der Waals surface area contributed by atoms with E-state index in [-0.39, 0.29) is 5.91 Å². The van der Waals surface area contributed by atoms with E-state index < -0.39 is 0 Å². The van der Waals surface area contributed by atoms with Crippen molar-refractivity contribution in [1.82, 2.24) is 20.1 Å². The molecule has 5 nitrogen and oxygen atoms in total. The van der Waals surface area contributed by atoms with Gasteiger partial charge in [-0.1, -0.05) is 13.8 Å². The van der Waals surface area contributed by atoms with Gasteiger partial charge in [0.2, 0.25) is 5.82 Å². The van der Waals surface area contributed by atoms with Gasteiger partial charge in [0, 0.05) is 30.5 Å². The molecule has 2 heterocycles. The summed E-state index contributed by atoms with van der Waals surface area (Å²) in [5, 5.41) is 7.33. The van der Waals surface area contributed by atoms with E-state index in [1.54, 1.807) is 0 Å². The molecular formula is C11H18N4OS. The number of nitrogens with zero attached hydrogens (tertiary/aromatic N) is 3. The summed E-state index contributed by atoms with van der Waals surface area (Å²) in [7, 11) is 0. The van der Waals surface area contributed by atoms with Gasteiger partial charge in [-0.05, 0) is 6.42 Å². The summed E-state index contributed by atoms with van der Waals surface area (Å²) in [6, 6.07) is 0. The number of nitrogens with one attached hydrogen (secondary N) is 1. The molecule has 0 aromatic carbocycles. The molecule has 1 aromatic rings. The molecule has 1 aliphatic heterocycles. The predicted octanol–water partition coefficient (Wildman–Crippen LogP) is 1.33. The van der Waals surface area contributed by atoms with Crippen molar-refractivity contribution in [2.75, 3.05) is 18.8 Å². The van der Waals surface area contributed by atoms with Gasteiger partial charge in [0.25, 0.3) is 5.91 Å². The lowest BCUT2D eigenvalue weighted by Gasteiger charge is -2.29. The fraction of sp³-hybridized carbons (Fsp3) is 0.727. The van der Waals surface area contributed by atoms with Gasteiger partial charge in [-0.25, -0.2) is 4.98 Å². The van der Waals surface area contributed by atoms with E-state index in [4.69, 9.17) is 0 Å². The third-order valence-electron chi connectivity index (χ3n) is 2.74. The zero-order valence-electron chi connectivity index (χ0n) is 10.3. The van der Waals surface area contributed by atoms with Crippen molar-refractivity contribution in [3.05, 3.63) is 11.6 Å². The highest BCUT2D eigenvalue weighted by Crippen LogP contribution is 2.18. The summed E-state index contributed by atoms with van der Waals surface area (Å²) in [4.78, 5) is 18.2. The Kier molecular flexibility index (Phi) is 4.04. The molecule has 0 aliphatic carbocycles. The highest BCUT2D eigenvalue weighted by molar-refractivity contribution is 7.99. The van der Waals surface area contributed by atoms with Crippen molar-refractivity contribution < 1.29 is 4.79 Å². The Balaban J connectivity index is 2.02. The molecule has 1 amide bonds. The van der Waals surface area contributed by atoms with Crippen molar-refractivity contribution in [3.63, 3.8) is 0 Å². The van der Waals surface area contributed by atoms with Crippen LogP contribution in [0.5, 0.6) is 0 Å². The Bertz CT molecular complexity index is 393. The van der Waals surface area contributed by atoms with Crippen molar-refractivity contribution in [2.24, 2.45) is 0 Å². The molecule has 94 valence electrons. The monoisotopic (exact) mass is 254 g/mol. The van der Waals surface area contributed by atoms with Gasteiger partial charge < -0.3 is 4.90 Å². The minimum atomic E-state index is -0.0456. The predicted molar refractivity (Wildman–Crippen MR) is 68.2 cm³/mol. The summed E-state index contributed by atoms with van der Waals surface area (Å²) in [5.41, 5.74) is 0. The maximum Gasteiger partial charge on any atom is 0.293 e. The van der Waals surface area contributed by atoms with Gasteiger partial charge in [0.1, 0.15) is 5.82 Å². The largest absolute Gasteiger partial charge is 0.334 e. The molecule has 1 unspecified atom stereocenters. The molecule has 0 radical (unpaired) electrons. The first-order valence-electron chi connectivity index (χ1n) is 6.03. The Morgan fingerprint density at radius 3 is 3.18 bits per heavy atom. The second kappa shape index (κ2) is 5.53. The van der Waals surface area contributed by atoms with E-state index >= 15 is 0 Å². The first kappa shape index (κ1) is 12.4. The van der Waals surface area contributed by atoms with E-state index in [1.807, 2.05) is 16.7 Å². The number of carbonyl (C=O) groups is 1. The van der Waals surface area contributed by atoms with Crippen LogP contribution >= 0.6 is 11.8 Å². The topological polar surface area (TPSA) is 61.9 Å². The third-order valence-corrected chi connectivity index (χ3v) is 3.87. The lowest BCUT2D eigenvalue weighted by atomic mass is 10.3. The molecule has 0 spiro atoms. The highest BCUT2D eigenvalue weighted by Gasteiger charge is 2.24. The minimum Gasteiger partial charge on any atom is -0.334 e. The van der Waals surface area contributed by atoms with Crippen LogP contribution in [-0.2, 0) is 6.42 Å². The van der Waals surface area contributed by atoms with E-state index in [2.05, 4.69) is 29.0 Å². The van der Waals surface area contributed by atoms with Gasteiger partial charge in [0.15, 0.2) is 0 Å². The molecule has 1 aliphatic rings. The quantitative estimate of drug-likeness (QED) is 0.884. The molecule has 1 N–H and O–H groups in total. The molecule has 17 heavy (non-hydrogen) atoms. The van der Waals surface area contributed by atoms with Gasteiger partial charge in [-0.3, -0.25) is 9.89 Å². The Morgan fingerprint density at radius 1 is 1.65 bits per heavy atom. The first-order valence-corrected chi connectivity index (χ1v) is 7.07. The van der Waals surface area contributed by atoms with Crippen molar-refractivity contribution in [2.45, 2.75) is 31.9 Å². The number of carbonyl (C=O) groups excluding carboxylic acids is 1. The van der Waals surface area contributed by atoms with E-state index in [1.165, 1.54) is 0 Å². The van der Waals surface area contributed by atoms with Crippen LogP contribution in [-0.4, -0.2) is 50.1 Å². The van der Waals surface area contributed by atoms with Crippen LogP contribution in [0.2, 0.25) is 0 Å². The number of amides is 1. The minimum absolute atomic E-state index is 0.0456. The van der Waals surface area contributed by atoms with E-state index in [0.717, 1.165) is 37.5 Å². The third kappa shape index (κ3) is 3.00. The second-order valence-corrected chi connectivity index (χ2v) is 5.83. The van der Waals surface area contributed by atoms with Crippen molar-refractivity contribution >= 4 is 17.7 Å². The van der Waals surface area contributed by atoms with Crippen molar-refractivity contribution in [1.29, 1.82) is 0 Å². The molecule has 1 aromatic heterocycles. The van der Waals surface area contributed by atoms with Crippen LogP contribution in [0.25, 0.3) is 0 Å². The average Bonchev–Trinajstić information content (AvgIpc) is 2.77. The molecule has 0 bridgehead atoms. The Hall–Kier alpha value is -1.04. The zero-order chi connectivity index (χ0) is 12.3.